The van der Waals surface area contributed by atoms with Gasteiger partial charge in [-0.25, -0.2) is 4.98 Å². The summed E-state index contributed by atoms with van der Waals surface area (Å²) in [5.41, 5.74) is 2.73. The number of rotatable bonds is 6. The molecule has 0 aromatic carbocycles. The third-order valence-corrected chi connectivity index (χ3v) is 4.12. The maximum Gasteiger partial charge on any atom is 0.144 e. The van der Waals surface area contributed by atoms with E-state index in [-0.39, 0.29) is 6.61 Å². The molecule has 0 saturated carbocycles. The summed E-state index contributed by atoms with van der Waals surface area (Å²) in [6.07, 6.45) is 0.195. The first-order chi connectivity index (χ1) is 10.5. The van der Waals surface area contributed by atoms with Crippen LogP contribution in [0.15, 0.2) is 15.7 Å². The molecule has 2 rings (SSSR count). The van der Waals surface area contributed by atoms with Crippen molar-refractivity contribution in [2.75, 3.05) is 25.0 Å². The second kappa shape index (κ2) is 7.89. The van der Waals surface area contributed by atoms with Gasteiger partial charge >= 0.3 is 0 Å². The van der Waals surface area contributed by atoms with Gasteiger partial charge in [-0.15, -0.1) is 0 Å². The molecule has 1 aliphatic heterocycles. The van der Waals surface area contributed by atoms with Crippen LogP contribution in [0.4, 0.5) is 5.82 Å². The highest BCUT2D eigenvalue weighted by atomic mass is 79.9. The van der Waals surface area contributed by atoms with Crippen LogP contribution in [0.3, 0.4) is 0 Å². The minimum atomic E-state index is -0.573. The Balaban J connectivity index is 1.98. The first kappa shape index (κ1) is 17.2. The zero-order valence-electron chi connectivity index (χ0n) is 13.2. The predicted octanol–water partition coefficient (Wildman–Crippen LogP) is 2.05. The average Bonchev–Trinajstić information content (AvgIpc) is 2.47. The van der Waals surface area contributed by atoms with Gasteiger partial charge in [-0.2, -0.15) is 0 Å². The Morgan fingerprint density at radius 2 is 2.32 bits per heavy atom. The number of aliphatic hydroxyl groups is 1. The van der Waals surface area contributed by atoms with E-state index < -0.39 is 6.10 Å². The number of nitrogens with zero attached hydrogens (tertiary/aromatic N) is 2. The highest BCUT2D eigenvalue weighted by molar-refractivity contribution is 9.10. The lowest BCUT2D eigenvalue weighted by atomic mass is 10.0. The number of aryl methyl sites for hydroxylation is 1. The second-order valence-corrected chi connectivity index (χ2v) is 6.53. The average molecular weight is 371 g/mol. The summed E-state index contributed by atoms with van der Waals surface area (Å²) < 4.78 is 0.948. The van der Waals surface area contributed by atoms with E-state index in [1.807, 2.05) is 26.8 Å². The molecule has 1 aromatic rings. The van der Waals surface area contributed by atoms with E-state index >= 15 is 0 Å². The first-order valence-corrected chi connectivity index (χ1v) is 8.28. The van der Waals surface area contributed by atoms with E-state index in [2.05, 4.69) is 36.7 Å². The van der Waals surface area contributed by atoms with Gasteiger partial charge in [0.2, 0.25) is 0 Å². The Hall–Kier alpha value is -1.18. The maximum atomic E-state index is 9.81. The molecule has 0 saturated heterocycles. The van der Waals surface area contributed by atoms with Crippen molar-refractivity contribution >= 4 is 27.5 Å². The van der Waals surface area contributed by atoms with Crippen molar-refractivity contribution < 1.29 is 9.94 Å². The Morgan fingerprint density at radius 1 is 1.55 bits per heavy atom. The van der Waals surface area contributed by atoms with E-state index in [4.69, 9.17) is 4.84 Å². The van der Waals surface area contributed by atoms with Gasteiger partial charge in [0.15, 0.2) is 0 Å². The molecule has 1 atom stereocenters. The number of fused-ring (bicyclic) bond motifs is 1. The Bertz CT molecular complexity index is 549. The van der Waals surface area contributed by atoms with E-state index in [9.17, 15) is 5.11 Å². The van der Waals surface area contributed by atoms with Crippen molar-refractivity contribution in [1.29, 1.82) is 0 Å². The van der Waals surface area contributed by atoms with Crippen LogP contribution in [0.1, 0.15) is 31.5 Å². The van der Waals surface area contributed by atoms with Gasteiger partial charge in [-0.3, -0.25) is 0 Å². The van der Waals surface area contributed by atoms with Gasteiger partial charge in [0.05, 0.1) is 11.4 Å². The van der Waals surface area contributed by atoms with Crippen molar-refractivity contribution in [3.05, 3.63) is 21.8 Å². The van der Waals surface area contributed by atoms with Gasteiger partial charge in [-0.05, 0) is 28.9 Å². The Kier molecular flexibility index (Phi) is 6.16. The van der Waals surface area contributed by atoms with Crippen molar-refractivity contribution in [2.45, 2.75) is 39.3 Å². The van der Waals surface area contributed by atoms with Crippen LogP contribution in [-0.2, 0) is 4.84 Å². The van der Waals surface area contributed by atoms with Crippen LogP contribution in [0.5, 0.6) is 0 Å². The molecule has 1 aliphatic rings. The van der Waals surface area contributed by atoms with Crippen molar-refractivity contribution in [2.24, 2.45) is 5.16 Å². The molecule has 122 valence electrons. The SMILES string of the molecule is Cc1nc2c(cc1Br)/C(=N/OC[C@H](O)CNC(C)C)CCN2. The largest absolute Gasteiger partial charge is 0.393 e. The van der Waals surface area contributed by atoms with Gasteiger partial charge in [0.1, 0.15) is 18.5 Å². The lowest BCUT2D eigenvalue weighted by Gasteiger charge is -2.20. The number of halogens is 1. The molecule has 1 aromatic heterocycles. The normalized spacial score (nSPS) is 17.3. The fourth-order valence-electron chi connectivity index (χ4n) is 2.10. The van der Waals surface area contributed by atoms with Crippen LogP contribution < -0.4 is 10.6 Å². The van der Waals surface area contributed by atoms with E-state index in [0.29, 0.717) is 12.6 Å². The number of anilines is 1. The zero-order chi connectivity index (χ0) is 16.1. The first-order valence-electron chi connectivity index (χ1n) is 7.49. The molecule has 0 radical (unpaired) electrons. The van der Waals surface area contributed by atoms with Crippen molar-refractivity contribution in [3.8, 4) is 0 Å². The third-order valence-electron chi connectivity index (χ3n) is 3.32. The zero-order valence-corrected chi connectivity index (χ0v) is 14.8. The second-order valence-electron chi connectivity index (χ2n) is 5.68. The van der Waals surface area contributed by atoms with Crippen LogP contribution >= 0.6 is 15.9 Å². The Morgan fingerprint density at radius 3 is 3.05 bits per heavy atom. The van der Waals surface area contributed by atoms with Gasteiger partial charge in [-0.1, -0.05) is 19.0 Å². The molecule has 2 heterocycles. The Labute approximate surface area is 139 Å². The number of oxime groups is 1. The van der Waals surface area contributed by atoms with Crippen LogP contribution in [0.25, 0.3) is 0 Å². The minimum Gasteiger partial charge on any atom is -0.393 e. The summed E-state index contributed by atoms with van der Waals surface area (Å²) in [5, 5.41) is 20.4. The quantitative estimate of drug-likeness (QED) is 0.667. The molecule has 0 unspecified atom stereocenters. The fourth-order valence-corrected chi connectivity index (χ4v) is 2.41. The molecule has 0 aliphatic carbocycles. The molecule has 6 nitrogen and oxygen atoms in total. The van der Waals surface area contributed by atoms with E-state index in [0.717, 1.165) is 40.2 Å². The molecule has 7 heteroatoms. The van der Waals surface area contributed by atoms with Crippen molar-refractivity contribution in [1.82, 2.24) is 10.3 Å². The molecule has 22 heavy (non-hydrogen) atoms. The number of aliphatic hydroxyl groups excluding tert-OH is 1. The fraction of sp³-hybridized carbons (Fsp3) is 0.600. The van der Waals surface area contributed by atoms with Gasteiger partial charge < -0.3 is 20.6 Å². The summed E-state index contributed by atoms with van der Waals surface area (Å²) in [4.78, 5) is 9.82. The lowest BCUT2D eigenvalue weighted by Crippen LogP contribution is -2.34. The van der Waals surface area contributed by atoms with Crippen LogP contribution in [0, 0.1) is 6.92 Å². The van der Waals surface area contributed by atoms with Gasteiger partial charge in [0, 0.05) is 35.6 Å². The molecule has 3 N–H and O–H groups in total. The highest BCUT2D eigenvalue weighted by Gasteiger charge is 2.19. The number of pyridine rings is 1. The summed E-state index contributed by atoms with van der Waals surface area (Å²) in [6, 6.07) is 2.34. The lowest BCUT2D eigenvalue weighted by molar-refractivity contribution is 0.0392. The number of hydrogen-bond donors (Lipinski definition) is 3. The molecular weight excluding hydrogens is 348 g/mol. The summed E-state index contributed by atoms with van der Waals surface area (Å²) in [5.74, 6) is 0.830. The summed E-state index contributed by atoms with van der Waals surface area (Å²) >= 11 is 3.49. The number of aromatic nitrogens is 1. The number of nitrogens with one attached hydrogen (secondary N) is 2. The topological polar surface area (TPSA) is 78.8 Å². The smallest absolute Gasteiger partial charge is 0.144 e. The monoisotopic (exact) mass is 370 g/mol. The van der Waals surface area contributed by atoms with Gasteiger partial charge in [0.25, 0.3) is 0 Å². The maximum absolute atomic E-state index is 9.81. The van der Waals surface area contributed by atoms with Crippen molar-refractivity contribution in [3.63, 3.8) is 0 Å². The molecule has 0 bridgehead atoms. The summed E-state index contributed by atoms with van der Waals surface area (Å²) in [7, 11) is 0. The molecule has 0 fully saturated rings. The molecular formula is C15H23BrN4O2. The summed E-state index contributed by atoms with van der Waals surface area (Å²) in [6.45, 7) is 7.46. The minimum absolute atomic E-state index is 0.173. The van der Waals surface area contributed by atoms with Crippen LogP contribution in [0.2, 0.25) is 0 Å². The third kappa shape index (κ3) is 4.66. The highest BCUT2D eigenvalue weighted by Crippen LogP contribution is 2.26. The molecule has 0 amide bonds. The molecule has 0 spiro atoms. The number of hydrogen-bond acceptors (Lipinski definition) is 6. The van der Waals surface area contributed by atoms with Crippen LogP contribution in [-0.4, -0.2) is 47.6 Å². The van der Waals surface area contributed by atoms with E-state index in [1.165, 1.54) is 0 Å². The standard InChI is InChI=1S/C15H23BrN4O2/c1-9(2)18-7-11(21)8-22-20-14-4-5-17-15-12(14)6-13(16)10(3)19-15/h6,9,11,18,21H,4-5,7-8H2,1-3H3,(H,17,19)/b20-14+/t11-/m1/s1. The van der Waals surface area contributed by atoms with E-state index in [1.54, 1.807) is 0 Å². The predicted molar refractivity (Wildman–Crippen MR) is 91.4 cm³/mol.